The van der Waals surface area contributed by atoms with Gasteiger partial charge in [0.15, 0.2) is 0 Å². The van der Waals surface area contributed by atoms with Gasteiger partial charge in [-0.3, -0.25) is 14.5 Å². The van der Waals surface area contributed by atoms with Crippen molar-refractivity contribution in [3.63, 3.8) is 0 Å². The summed E-state index contributed by atoms with van der Waals surface area (Å²) in [5.41, 5.74) is 4.81. The van der Waals surface area contributed by atoms with Crippen LogP contribution in [0.25, 0.3) is 0 Å². The van der Waals surface area contributed by atoms with E-state index in [2.05, 4.69) is 4.90 Å². The third-order valence-corrected chi connectivity index (χ3v) is 7.29. The highest BCUT2D eigenvalue weighted by molar-refractivity contribution is 5.96. The number of amides is 1. The number of likely N-dealkylation sites (tertiary alicyclic amines) is 1. The van der Waals surface area contributed by atoms with Gasteiger partial charge in [-0.1, -0.05) is 6.07 Å². The standard InChI is InChI=1S/C22H24N2O5/c23-20(27)16-4-3-13-10-17-22(28)6-5-14(25)11-21(22,18(13)19(16)26)7-8-24(17)12-15-2-1-9-29-15/h1-4,9,17,26,28H,5-8,10-12H2,(H2,23,27)/t17-,21?,22-/m1/s1. The summed E-state index contributed by atoms with van der Waals surface area (Å²) in [6, 6.07) is 6.89. The van der Waals surface area contributed by atoms with Crippen molar-refractivity contribution in [1.29, 1.82) is 0 Å². The van der Waals surface area contributed by atoms with E-state index in [1.165, 1.54) is 6.07 Å². The Bertz CT molecular complexity index is 1000. The molecule has 2 bridgehead atoms. The van der Waals surface area contributed by atoms with Gasteiger partial charge in [-0.25, -0.2) is 0 Å². The minimum Gasteiger partial charge on any atom is -0.507 e. The Morgan fingerprint density at radius 1 is 1.31 bits per heavy atom. The number of aliphatic hydroxyl groups is 1. The van der Waals surface area contributed by atoms with Crippen LogP contribution in [0, 0.1) is 0 Å². The van der Waals surface area contributed by atoms with Gasteiger partial charge in [0.05, 0.1) is 24.0 Å². The van der Waals surface area contributed by atoms with Crippen molar-refractivity contribution in [3.05, 3.63) is 53.0 Å². The van der Waals surface area contributed by atoms with Gasteiger partial charge in [0, 0.05) is 36.4 Å². The van der Waals surface area contributed by atoms with Crippen LogP contribution in [0.2, 0.25) is 0 Å². The number of primary amides is 1. The molecule has 3 aliphatic rings. The number of Topliss-reactive ketones (excluding diaryl/α,β-unsaturated/α-hetero) is 1. The van der Waals surface area contributed by atoms with Gasteiger partial charge >= 0.3 is 0 Å². The van der Waals surface area contributed by atoms with Crippen molar-refractivity contribution < 1.29 is 24.2 Å². The summed E-state index contributed by atoms with van der Waals surface area (Å²) in [4.78, 5) is 26.6. The van der Waals surface area contributed by atoms with Crippen LogP contribution >= 0.6 is 0 Å². The van der Waals surface area contributed by atoms with E-state index in [4.69, 9.17) is 10.2 Å². The van der Waals surface area contributed by atoms with Crippen molar-refractivity contribution in [3.8, 4) is 5.75 Å². The first-order valence-corrected chi connectivity index (χ1v) is 10.0. The Hall–Kier alpha value is -2.64. The Kier molecular flexibility index (Phi) is 3.92. The van der Waals surface area contributed by atoms with Crippen molar-refractivity contribution in [2.45, 2.75) is 55.7 Å². The highest BCUT2D eigenvalue weighted by atomic mass is 16.3. The molecule has 2 heterocycles. The smallest absolute Gasteiger partial charge is 0.252 e. The zero-order valence-electron chi connectivity index (χ0n) is 16.1. The van der Waals surface area contributed by atoms with Crippen LogP contribution in [0.5, 0.6) is 5.75 Å². The molecule has 0 spiro atoms. The second-order valence-corrected chi connectivity index (χ2v) is 8.60. The molecule has 7 nitrogen and oxygen atoms in total. The van der Waals surface area contributed by atoms with Crippen molar-refractivity contribution in [2.24, 2.45) is 5.73 Å². The van der Waals surface area contributed by atoms with E-state index in [0.717, 1.165) is 11.3 Å². The molecule has 0 radical (unpaired) electrons. The quantitative estimate of drug-likeness (QED) is 0.726. The second kappa shape index (κ2) is 6.18. The Morgan fingerprint density at radius 3 is 2.86 bits per heavy atom. The molecule has 2 aliphatic carbocycles. The fraction of sp³-hybridized carbons (Fsp3) is 0.455. The molecule has 1 aromatic heterocycles. The minimum absolute atomic E-state index is 0.0370. The lowest BCUT2D eigenvalue weighted by molar-refractivity contribution is -0.174. The summed E-state index contributed by atoms with van der Waals surface area (Å²) in [7, 11) is 0. The van der Waals surface area contributed by atoms with Crippen molar-refractivity contribution in [1.82, 2.24) is 4.90 Å². The lowest BCUT2D eigenvalue weighted by Gasteiger charge is -2.63. The number of hydrogen-bond acceptors (Lipinski definition) is 6. The molecule has 2 fully saturated rings. The Balaban J connectivity index is 1.67. The summed E-state index contributed by atoms with van der Waals surface area (Å²) in [6.45, 7) is 1.23. The number of fused-ring (bicyclic) bond motifs is 1. The number of furan rings is 1. The summed E-state index contributed by atoms with van der Waals surface area (Å²) in [5, 5.41) is 23.0. The Morgan fingerprint density at radius 2 is 2.14 bits per heavy atom. The number of piperidine rings is 1. The highest BCUT2D eigenvalue weighted by Crippen LogP contribution is 2.59. The number of nitrogens with two attached hydrogens (primary N) is 1. The molecule has 1 saturated heterocycles. The first-order chi connectivity index (χ1) is 13.9. The molecule has 3 atom stereocenters. The summed E-state index contributed by atoms with van der Waals surface area (Å²) >= 11 is 0. The molecule has 1 saturated carbocycles. The maximum Gasteiger partial charge on any atom is 0.252 e. The molecule has 5 rings (SSSR count). The number of phenols is 1. The van der Waals surface area contributed by atoms with Crippen LogP contribution in [-0.4, -0.2) is 45.0 Å². The van der Waals surface area contributed by atoms with Gasteiger partial charge in [-0.15, -0.1) is 0 Å². The van der Waals surface area contributed by atoms with E-state index < -0.39 is 16.9 Å². The predicted molar refractivity (Wildman–Crippen MR) is 103 cm³/mol. The topological polar surface area (TPSA) is 117 Å². The number of rotatable bonds is 3. The number of carbonyl (C=O) groups is 2. The van der Waals surface area contributed by atoms with E-state index in [1.54, 1.807) is 12.3 Å². The van der Waals surface area contributed by atoms with Gasteiger partial charge in [0.1, 0.15) is 17.3 Å². The van der Waals surface area contributed by atoms with Crippen LogP contribution in [0.1, 0.15) is 52.9 Å². The summed E-state index contributed by atoms with van der Waals surface area (Å²) in [5.74, 6) is 0.00107. The van der Waals surface area contributed by atoms with E-state index in [-0.39, 0.29) is 29.6 Å². The SMILES string of the molecule is NC(=O)c1ccc2c(c1O)C13CCN(Cc4ccco4)[C@H](C2)[C@]1(O)CCC(=O)C3. The zero-order chi connectivity index (χ0) is 20.4. The van der Waals surface area contributed by atoms with Crippen LogP contribution in [0.3, 0.4) is 0 Å². The fourth-order valence-corrected chi connectivity index (χ4v) is 5.99. The maximum absolute atomic E-state index is 12.5. The van der Waals surface area contributed by atoms with E-state index in [9.17, 15) is 19.8 Å². The molecular formula is C22H24N2O5. The van der Waals surface area contributed by atoms with Gasteiger partial charge in [-0.05, 0) is 43.0 Å². The van der Waals surface area contributed by atoms with Crippen LogP contribution < -0.4 is 5.73 Å². The lowest BCUT2D eigenvalue weighted by Crippen LogP contribution is -2.73. The molecule has 7 heteroatoms. The van der Waals surface area contributed by atoms with E-state index >= 15 is 0 Å². The van der Waals surface area contributed by atoms with Gasteiger partial charge < -0.3 is 20.4 Å². The second-order valence-electron chi connectivity index (χ2n) is 8.60. The van der Waals surface area contributed by atoms with E-state index in [0.29, 0.717) is 44.3 Å². The largest absolute Gasteiger partial charge is 0.507 e. The molecule has 1 amide bonds. The highest BCUT2D eigenvalue weighted by Gasteiger charge is 2.65. The Labute approximate surface area is 168 Å². The average molecular weight is 396 g/mol. The monoisotopic (exact) mass is 396 g/mol. The first kappa shape index (κ1) is 18.4. The normalized spacial score (nSPS) is 31.2. The molecule has 29 heavy (non-hydrogen) atoms. The average Bonchev–Trinajstić information content (AvgIpc) is 3.17. The summed E-state index contributed by atoms with van der Waals surface area (Å²) < 4.78 is 5.52. The van der Waals surface area contributed by atoms with Crippen molar-refractivity contribution in [2.75, 3.05) is 6.54 Å². The third kappa shape index (κ3) is 2.44. The number of carbonyl (C=O) groups excluding carboxylic acids is 2. The molecule has 1 aliphatic heterocycles. The predicted octanol–water partition coefficient (Wildman–Crippen LogP) is 1.64. The minimum atomic E-state index is -1.17. The van der Waals surface area contributed by atoms with Gasteiger partial charge in [0.25, 0.3) is 5.91 Å². The maximum atomic E-state index is 12.5. The van der Waals surface area contributed by atoms with Gasteiger partial charge in [-0.2, -0.15) is 0 Å². The third-order valence-electron chi connectivity index (χ3n) is 7.29. The van der Waals surface area contributed by atoms with E-state index in [1.807, 2.05) is 12.1 Å². The molecule has 1 aromatic carbocycles. The molecule has 4 N–H and O–H groups in total. The zero-order valence-corrected chi connectivity index (χ0v) is 16.1. The number of benzene rings is 1. The number of nitrogens with zero attached hydrogens (tertiary/aromatic N) is 1. The number of hydrogen-bond donors (Lipinski definition) is 3. The molecule has 152 valence electrons. The first-order valence-electron chi connectivity index (χ1n) is 10.0. The lowest BCUT2D eigenvalue weighted by atomic mass is 9.49. The van der Waals surface area contributed by atoms with Crippen LogP contribution in [-0.2, 0) is 23.2 Å². The summed E-state index contributed by atoms with van der Waals surface area (Å²) in [6.07, 6.45) is 3.48. The van der Waals surface area contributed by atoms with Gasteiger partial charge in [0.2, 0.25) is 0 Å². The number of aromatic hydroxyl groups is 1. The van der Waals surface area contributed by atoms with Crippen LogP contribution in [0.4, 0.5) is 0 Å². The molecule has 1 unspecified atom stereocenters. The molecular weight excluding hydrogens is 372 g/mol. The fourth-order valence-electron chi connectivity index (χ4n) is 5.99. The molecule has 2 aromatic rings. The number of ketones is 1. The van der Waals surface area contributed by atoms with Crippen molar-refractivity contribution >= 4 is 11.7 Å². The van der Waals surface area contributed by atoms with Crippen LogP contribution in [0.15, 0.2) is 34.9 Å².